The van der Waals surface area contributed by atoms with E-state index in [1.807, 2.05) is 30.3 Å². The molecule has 4 heteroatoms. The molecule has 0 fully saturated rings. The topological polar surface area (TPSA) is 47.0 Å². The van der Waals surface area contributed by atoms with Crippen LogP contribution >= 0.6 is 0 Å². The van der Waals surface area contributed by atoms with E-state index in [-0.39, 0.29) is 0 Å². The van der Waals surface area contributed by atoms with Gasteiger partial charge in [-0.2, -0.15) is 0 Å². The average Bonchev–Trinajstić information content (AvgIpc) is 2.53. The molecule has 0 unspecified atom stereocenters. The van der Waals surface area contributed by atoms with Crippen LogP contribution in [0.3, 0.4) is 0 Å². The molecule has 0 amide bonds. The van der Waals surface area contributed by atoms with E-state index < -0.39 is 0 Å². The lowest BCUT2D eigenvalue weighted by Crippen LogP contribution is -2.04. The number of rotatable bonds is 7. The van der Waals surface area contributed by atoms with Crippen LogP contribution in [-0.4, -0.2) is 23.1 Å². The van der Waals surface area contributed by atoms with Crippen LogP contribution in [0.2, 0.25) is 0 Å². The largest absolute Gasteiger partial charge is 0.494 e. The summed E-state index contributed by atoms with van der Waals surface area (Å²) in [7, 11) is 0. The first-order valence-corrected chi connectivity index (χ1v) is 7.61. The number of hydrogen-bond donors (Lipinski definition) is 1. The molecule has 1 heterocycles. The van der Waals surface area contributed by atoms with Gasteiger partial charge >= 0.3 is 0 Å². The number of nitrogens with one attached hydrogen (secondary N) is 1. The minimum absolute atomic E-state index is 0.747. The minimum atomic E-state index is 0.747. The highest BCUT2D eigenvalue weighted by Crippen LogP contribution is 2.23. The first-order chi connectivity index (χ1) is 10.3. The zero-order valence-corrected chi connectivity index (χ0v) is 13.0. The highest BCUT2D eigenvalue weighted by Gasteiger charge is 2.06. The summed E-state index contributed by atoms with van der Waals surface area (Å²) in [5.74, 6) is 2.64. The molecule has 2 rings (SSSR count). The molecular weight excluding hydrogens is 262 g/mol. The summed E-state index contributed by atoms with van der Waals surface area (Å²) in [6, 6.07) is 10.1. The van der Waals surface area contributed by atoms with Gasteiger partial charge in [0.05, 0.1) is 12.3 Å². The molecule has 21 heavy (non-hydrogen) atoms. The molecule has 4 nitrogen and oxygen atoms in total. The Kier molecular flexibility index (Phi) is 5.55. The number of aryl methyl sites for hydroxylation is 1. The molecule has 0 bridgehead atoms. The second-order valence-electron chi connectivity index (χ2n) is 4.81. The fourth-order valence-corrected chi connectivity index (χ4v) is 2.02. The van der Waals surface area contributed by atoms with Crippen molar-refractivity contribution in [1.82, 2.24) is 9.97 Å². The van der Waals surface area contributed by atoms with Crippen molar-refractivity contribution < 1.29 is 4.74 Å². The van der Waals surface area contributed by atoms with Crippen LogP contribution in [0.4, 0.5) is 5.82 Å². The van der Waals surface area contributed by atoms with Crippen LogP contribution < -0.4 is 10.1 Å². The van der Waals surface area contributed by atoms with Crippen molar-refractivity contribution in [3.8, 4) is 17.0 Å². The van der Waals surface area contributed by atoms with Gasteiger partial charge in [0.25, 0.3) is 0 Å². The quantitative estimate of drug-likeness (QED) is 0.837. The Hall–Kier alpha value is -2.10. The highest BCUT2D eigenvalue weighted by atomic mass is 16.5. The van der Waals surface area contributed by atoms with E-state index in [1.54, 1.807) is 0 Å². The van der Waals surface area contributed by atoms with Gasteiger partial charge in [0.1, 0.15) is 17.4 Å². The normalized spacial score (nSPS) is 10.4. The maximum atomic E-state index is 5.61. The summed E-state index contributed by atoms with van der Waals surface area (Å²) in [5.41, 5.74) is 2.02. The van der Waals surface area contributed by atoms with Crippen LogP contribution in [0.25, 0.3) is 11.3 Å². The number of benzene rings is 1. The number of nitrogens with zero attached hydrogens (tertiary/aromatic N) is 2. The Morgan fingerprint density at radius 2 is 1.81 bits per heavy atom. The number of hydrogen-bond acceptors (Lipinski definition) is 4. The van der Waals surface area contributed by atoms with Crippen molar-refractivity contribution in [2.45, 2.75) is 33.6 Å². The number of ether oxygens (including phenoxy) is 1. The molecule has 1 N–H and O–H groups in total. The summed E-state index contributed by atoms with van der Waals surface area (Å²) in [5, 5.41) is 3.26. The first kappa shape index (κ1) is 15.3. The lowest BCUT2D eigenvalue weighted by Gasteiger charge is -2.09. The van der Waals surface area contributed by atoms with Crippen LogP contribution in [0, 0.1) is 0 Å². The van der Waals surface area contributed by atoms with E-state index >= 15 is 0 Å². The Balaban J connectivity index is 2.25. The van der Waals surface area contributed by atoms with Crippen LogP contribution in [0.5, 0.6) is 5.75 Å². The predicted molar refractivity (Wildman–Crippen MR) is 86.8 cm³/mol. The van der Waals surface area contributed by atoms with Gasteiger partial charge in [0.2, 0.25) is 0 Å². The second-order valence-corrected chi connectivity index (χ2v) is 4.81. The monoisotopic (exact) mass is 285 g/mol. The molecule has 1 aromatic carbocycles. The molecular formula is C17H23N3O. The third kappa shape index (κ3) is 4.18. The zero-order chi connectivity index (χ0) is 15.1. The van der Waals surface area contributed by atoms with Crippen LogP contribution in [0.15, 0.2) is 30.3 Å². The molecule has 0 saturated carbocycles. The Labute approximate surface area is 126 Å². The van der Waals surface area contributed by atoms with Gasteiger partial charge in [-0.3, -0.25) is 0 Å². The third-order valence-electron chi connectivity index (χ3n) is 3.07. The summed E-state index contributed by atoms with van der Waals surface area (Å²) < 4.78 is 5.61. The van der Waals surface area contributed by atoms with Gasteiger partial charge in [-0.25, -0.2) is 9.97 Å². The van der Waals surface area contributed by atoms with Crippen molar-refractivity contribution in [2.24, 2.45) is 0 Å². The molecule has 1 aromatic heterocycles. The maximum Gasteiger partial charge on any atom is 0.131 e. The average molecular weight is 285 g/mol. The number of aromatic nitrogens is 2. The van der Waals surface area contributed by atoms with Gasteiger partial charge in [0.15, 0.2) is 0 Å². The standard InChI is InChI=1S/C17H23N3O/c1-4-11-21-14-9-7-13(8-10-14)15-12-17(18-6-3)20-16(5-2)19-15/h7-10,12H,4-6,11H2,1-3H3,(H,18,19,20). The zero-order valence-electron chi connectivity index (χ0n) is 13.0. The number of anilines is 1. The third-order valence-corrected chi connectivity index (χ3v) is 3.07. The molecule has 0 spiro atoms. The molecule has 112 valence electrons. The van der Waals surface area contributed by atoms with E-state index in [0.29, 0.717) is 0 Å². The van der Waals surface area contributed by atoms with E-state index in [1.165, 1.54) is 0 Å². The highest BCUT2D eigenvalue weighted by molar-refractivity contribution is 5.63. The Morgan fingerprint density at radius 3 is 2.43 bits per heavy atom. The first-order valence-electron chi connectivity index (χ1n) is 7.61. The second kappa shape index (κ2) is 7.62. The van der Waals surface area contributed by atoms with Gasteiger partial charge in [-0.05, 0) is 37.6 Å². The van der Waals surface area contributed by atoms with Crippen molar-refractivity contribution >= 4 is 5.82 Å². The van der Waals surface area contributed by atoms with E-state index in [9.17, 15) is 0 Å². The summed E-state index contributed by atoms with van der Waals surface area (Å²) in [4.78, 5) is 9.08. The van der Waals surface area contributed by atoms with Crippen molar-refractivity contribution in [3.05, 3.63) is 36.2 Å². The molecule has 0 aliphatic carbocycles. The van der Waals surface area contributed by atoms with Crippen molar-refractivity contribution in [3.63, 3.8) is 0 Å². The summed E-state index contributed by atoms with van der Waals surface area (Å²) >= 11 is 0. The lowest BCUT2D eigenvalue weighted by atomic mass is 10.1. The predicted octanol–water partition coefficient (Wildman–Crippen LogP) is 3.93. The Bertz CT molecular complexity index is 567. The fourth-order valence-electron chi connectivity index (χ4n) is 2.02. The van der Waals surface area contributed by atoms with Crippen LogP contribution in [0.1, 0.15) is 33.0 Å². The molecule has 0 aliphatic heterocycles. The molecule has 0 atom stereocenters. The van der Waals surface area contributed by atoms with Crippen molar-refractivity contribution in [1.29, 1.82) is 0 Å². The van der Waals surface area contributed by atoms with Gasteiger partial charge in [-0.15, -0.1) is 0 Å². The van der Waals surface area contributed by atoms with Gasteiger partial charge in [-0.1, -0.05) is 13.8 Å². The van der Waals surface area contributed by atoms with E-state index in [2.05, 4.69) is 36.1 Å². The van der Waals surface area contributed by atoms with Crippen LogP contribution in [-0.2, 0) is 6.42 Å². The SMILES string of the molecule is CCCOc1ccc(-c2cc(NCC)nc(CC)n2)cc1. The van der Waals surface area contributed by atoms with Crippen molar-refractivity contribution in [2.75, 3.05) is 18.5 Å². The summed E-state index contributed by atoms with van der Waals surface area (Å²) in [6.07, 6.45) is 1.84. The smallest absolute Gasteiger partial charge is 0.131 e. The van der Waals surface area contributed by atoms with Gasteiger partial charge in [0, 0.05) is 24.6 Å². The molecule has 0 radical (unpaired) electrons. The molecule has 2 aromatic rings. The fraction of sp³-hybridized carbons (Fsp3) is 0.412. The minimum Gasteiger partial charge on any atom is -0.494 e. The molecule has 0 saturated heterocycles. The molecule has 0 aliphatic rings. The lowest BCUT2D eigenvalue weighted by molar-refractivity contribution is 0.317. The Morgan fingerprint density at radius 1 is 1.05 bits per heavy atom. The van der Waals surface area contributed by atoms with Gasteiger partial charge < -0.3 is 10.1 Å². The summed E-state index contributed by atoms with van der Waals surface area (Å²) in [6.45, 7) is 7.83. The van der Waals surface area contributed by atoms with E-state index in [4.69, 9.17) is 4.74 Å². The maximum absolute atomic E-state index is 5.61. The van der Waals surface area contributed by atoms with E-state index in [0.717, 1.165) is 54.6 Å².